The van der Waals surface area contributed by atoms with E-state index in [9.17, 15) is 4.39 Å². The van der Waals surface area contributed by atoms with E-state index in [2.05, 4.69) is 4.98 Å². The molecule has 102 valence electrons. The number of aryl methyl sites for hydroxylation is 1. The minimum absolute atomic E-state index is 0.220. The summed E-state index contributed by atoms with van der Waals surface area (Å²) in [7, 11) is 0. The predicted octanol–water partition coefficient (Wildman–Crippen LogP) is 3.52. The number of nitrogens with zero attached hydrogens (tertiary/aromatic N) is 1. The molecule has 3 rings (SSSR count). The molecule has 2 N–H and O–H groups in total. The van der Waals surface area contributed by atoms with Gasteiger partial charge in [0.2, 0.25) is 0 Å². The predicted molar refractivity (Wildman–Crippen MR) is 75.8 cm³/mol. The molecule has 4 heteroatoms. The Balaban J connectivity index is 1.84. The van der Waals surface area contributed by atoms with Crippen molar-refractivity contribution in [2.75, 3.05) is 0 Å². The summed E-state index contributed by atoms with van der Waals surface area (Å²) in [6.45, 7) is 1.73. The van der Waals surface area contributed by atoms with E-state index in [0.717, 1.165) is 16.7 Å². The Morgan fingerprint density at radius 2 is 2.05 bits per heavy atom. The van der Waals surface area contributed by atoms with Crippen molar-refractivity contribution in [1.82, 2.24) is 4.98 Å². The van der Waals surface area contributed by atoms with Gasteiger partial charge in [0.05, 0.1) is 0 Å². The highest BCUT2D eigenvalue weighted by Crippen LogP contribution is 2.21. The van der Waals surface area contributed by atoms with Crippen molar-refractivity contribution in [3.05, 3.63) is 65.3 Å². The molecule has 3 aromatic rings. The molecule has 0 aliphatic heterocycles. The Labute approximate surface area is 116 Å². The second-order valence-electron chi connectivity index (χ2n) is 4.89. The monoisotopic (exact) mass is 270 g/mol. The van der Waals surface area contributed by atoms with Crippen molar-refractivity contribution < 1.29 is 8.81 Å². The van der Waals surface area contributed by atoms with Gasteiger partial charge in [0.25, 0.3) is 0 Å². The molecule has 0 saturated carbocycles. The van der Waals surface area contributed by atoms with Crippen LogP contribution in [0.25, 0.3) is 11.1 Å². The average Bonchev–Trinajstić information content (AvgIpc) is 2.83. The van der Waals surface area contributed by atoms with E-state index in [1.807, 2.05) is 24.3 Å². The van der Waals surface area contributed by atoms with Crippen LogP contribution < -0.4 is 5.73 Å². The first-order valence-electron chi connectivity index (χ1n) is 6.49. The highest BCUT2D eigenvalue weighted by Gasteiger charge is 2.13. The quantitative estimate of drug-likeness (QED) is 0.792. The molecule has 0 spiro atoms. The summed E-state index contributed by atoms with van der Waals surface area (Å²) < 4.78 is 18.9. The number of para-hydroxylation sites is 2. The highest BCUT2D eigenvalue weighted by molar-refractivity contribution is 5.72. The zero-order valence-electron chi connectivity index (χ0n) is 11.1. The van der Waals surface area contributed by atoms with Crippen molar-refractivity contribution in [2.45, 2.75) is 19.4 Å². The highest BCUT2D eigenvalue weighted by atomic mass is 19.1. The number of nitrogens with two attached hydrogens (primary N) is 1. The van der Waals surface area contributed by atoms with Crippen molar-refractivity contribution in [3.63, 3.8) is 0 Å². The molecular formula is C16H15FN2O. The van der Waals surface area contributed by atoms with Crippen LogP contribution in [-0.2, 0) is 6.42 Å². The number of hydrogen-bond acceptors (Lipinski definition) is 3. The number of fused-ring (bicyclic) bond motifs is 1. The molecule has 1 aromatic heterocycles. The fourth-order valence-corrected chi connectivity index (χ4v) is 2.21. The van der Waals surface area contributed by atoms with E-state index >= 15 is 0 Å². The Morgan fingerprint density at radius 1 is 1.25 bits per heavy atom. The van der Waals surface area contributed by atoms with Crippen molar-refractivity contribution in [2.24, 2.45) is 5.73 Å². The van der Waals surface area contributed by atoms with Crippen LogP contribution in [0.1, 0.15) is 23.1 Å². The van der Waals surface area contributed by atoms with E-state index in [-0.39, 0.29) is 11.9 Å². The summed E-state index contributed by atoms with van der Waals surface area (Å²) in [6, 6.07) is 12.2. The van der Waals surface area contributed by atoms with Gasteiger partial charge in [0.1, 0.15) is 11.3 Å². The molecule has 0 amide bonds. The molecule has 3 nitrogen and oxygen atoms in total. The van der Waals surface area contributed by atoms with Gasteiger partial charge in [-0.3, -0.25) is 0 Å². The van der Waals surface area contributed by atoms with Crippen LogP contribution in [0, 0.1) is 12.7 Å². The summed E-state index contributed by atoms with van der Waals surface area (Å²) in [5.74, 6) is 0.378. The van der Waals surface area contributed by atoms with Crippen LogP contribution in [0.5, 0.6) is 0 Å². The normalized spacial score (nSPS) is 12.8. The summed E-state index contributed by atoms with van der Waals surface area (Å²) >= 11 is 0. The molecule has 1 atom stereocenters. The Kier molecular flexibility index (Phi) is 3.24. The molecule has 0 aliphatic rings. The van der Waals surface area contributed by atoms with Gasteiger partial charge in [-0.15, -0.1) is 0 Å². The zero-order valence-corrected chi connectivity index (χ0v) is 11.1. The van der Waals surface area contributed by atoms with Gasteiger partial charge in [-0.1, -0.05) is 24.3 Å². The van der Waals surface area contributed by atoms with E-state index in [0.29, 0.717) is 17.9 Å². The molecule has 1 heterocycles. The number of oxazole rings is 1. The third-order valence-corrected chi connectivity index (χ3v) is 3.34. The lowest BCUT2D eigenvalue weighted by molar-refractivity contribution is 0.502. The standard InChI is InChI=1S/C16H15FN2O/c1-10-8-11(6-7-12(10)17)13(18)9-16-19-14-4-2-3-5-15(14)20-16/h2-8,13H,9,18H2,1H3. The van der Waals surface area contributed by atoms with Crippen LogP contribution in [0.2, 0.25) is 0 Å². The summed E-state index contributed by atoms with van der Waals surface area (Å²) in [4.78, 5) is 4.40. The fourth-order valence-electron chi connectivity index (χ4n) is 2.21. The first-order valence-corrected chi connectivity index (χ1v) is 6.49. The zero-order chi connectivity index (χ0) is 14.1. The maximum absolute atomic E-state index is 13.3. The molecule has 20 heavy (non-hydrogen) atoms. The molecular weight excluding hydrogens is 255 g/mol. The van der Waals surface area contributed by atoms with E-state index in [4.69, 9.17) is 10.2 Å². The summed E-state index contributed by atoms with van der Waals surface area (Å²) in [6.07, 6.45) is 0.486. The topological polar surface area (TPSA) is 52.0 Å². The lowest BCUT2D eigenvalue weighted by atomic mass is 10.0. The molecule has 0 aliphatic carbocycles. The van der Waals surface area contributed by atoms with Crippen LogP contribution in [0.15, 0.2) is 46.9 Å². The summed E-state index contributed by atoms with van der Waals surface area (Å²) in [5.41, 5.74) is 9.20. The largest absolute Gasteiger partial charge is 0.441 e. The van der Waals surface area contributed by atoms with E-state index in [1.54, 1.807) is 19.1 Å². The van der Waals surface area contributed by atoms with Crippen molar-refractivity contribution in [1.29, 1.82) is 0 Å². The summed E-state index contributed by atoms with van der Waals surface area (Å²) in [5, 5.41) is 0. The Bertz CT molecular complexity index is 718. The van der Waals surface area contributed by atoms with Gasteiger partial charge >= 0.3 is 0 Å². The molecule has 2 aromatic carbocycles. The van der Waals surface area contributed by atoms with Crippen LogP contribution in [-0.4, -0.2) is 4.98 Å². The maximum atomic E-state index is 13.3. The van der Waals surface area contributed by atoms with Crippen LogP contribution in [0.4, 0.5) is 4.39 Å². The van der Waals surface area contributed by atoms with Gasteiger partial charge in [0, 0.05) is 12.5 Å². The molecule has 0 saturated heterocycles. The van der Waals surface area contributed by atoms with E-state index in [1.165, 1.54) is 6.07 Å². The van der Waals surface area contributed by atoms with Crippen molar-refractivity contribution >= 4 is 11.1 Å². The number of hydrogen-bond donors (Lipinski definition) is 1. The van der Waals surface area contributed by atoms with Gasteiger partial charge in [0.15, 0.2) is 11.5 Å². The second-order valence-corrected chi connectivity index (χ2v) is 4.89. The maximum Gasteiger partial charge on any atom is 0.197 e. The number of rotatable bonds is 3. The fraction of sp³-hybridized carbons (Fsp3) is 0.188. The first-order chi connectivity index (χ1) is 9.63. The SMILES string of the molecule is Cc1cc(C(N)Cc2nc3ccccc3o2)ccc1F. The molecule has 0 radical (unpaired) electrons. The first kappa shape index (κ1) is 12.8. The number of aromatic nitrogens is 1. The lowest BCUT2D eigenvalue weighted by Gasteiger charge is -2.10. The van der Waals surface area contributed by atoms with Crippen molar-refractivity contribution in [3.8, 4) is 0 Å². The lowest BCUT2D eigenvalue weighted by Crippen LogP contribution is -2.13. The van der Waals surface area contributed by atoms with Crippen LogP contribution in [0.3, 0.4) is 0 Å². The minimum atomic E-state index is -0.262. The van der Waals surface area contributed by atoms with Crippen LogP contribution >= 0.6 is 0 Å². The van der Waals surface area contributed by atoms with Gasteiger partial charge < -0.3 is 10.2 Å². The average molecular weight is 270 g/mol. The van der Waals surface area contributed by atoms with Gasteiger partial charge in [-0.05, 0) is 36.2 Å². The second kappa shape index (κ2) is 5.06. The minimum Gasteiger partial charge on any atom is -0.441 e. The van der Waals surface area contributed by atoms with Gasteiger partial charge in [-0.25, -0.2) is 9.37 Å². The Morgan fingerprint density at radius 3 is 2.80 bits per heavy atom. The third-order valence-electron chi connectivity index (χ3n) is 3.34. The molecule has 0 fully saturated rings. The number of halogens is 1. The molecule has 1 unspecified atom stereocenters. The smallest absolute Gasteiger partial charge is 0.197 e. The molecule has 0 bridgehead atoms. The van der Waals surface area contributed by atoms with Gasteiger partial charge in [-0.2, -0.15) is 0 Å². The number of benzene rings is 2. The third kappa shape index (κ3) is 2.42. The Hall–Kier alpha value is -2.20. The van der Waals surface area contributed by atoms with E-state index < -0.39 is 0 Å².